The van der Waals surface area contributed by atoms with Gasteiger partial charge in [-0.3, -0.25) is 4.99 Å². The molecule has 1 N–H and O–H groups in total. The van der Waals surface area contributed by atoms with Crippen LogP contribution in [-0.2, 0) is 11.2 Å². The molecular formula is C16H22N2OS. The molecule has 2 saturated heterocycles. The summed E-state index contributed by atoms with van der Waals surface area (Å²) in [7, 11) is 0. The van der Waals surface area contributed by atoms with Crippen molar-refractivity contribution in [2.45, 2.75) is 31.7 Å². The fourth-order valence-corrected chi connectivity index (χ4v) is 4.04. The predicted molar refractivity (Wildman–Crippen MR) is 85.6 cm³/mol. The highest BCUT2D eigenvalue weighted by atomic mass is 32.2. The van der Waals surface area contributed by atoms with Gasteiger partial charge in [0.15, 0.2) is 5.17 Å². The first-order valence-electron chi connectivity index (χ1n) is 7.35. The van der Waals surface area contributed by atoms with Crippen LogP contribution in [0.5, 0.6) is 0 Å². The maximum absolute atomic E-state index is 5.45. The Morgan fingerprint density at radius 2 is 2.10 bits per heavy atom. The highest BCUT2D eigenvalue weighted by Gasteiger charge is 2.38. The highest BCUT2D eigenvalue weighted by molar-refractivity contribution is 8.14. The summed E-state index contributed by atoms with van der Waals surface area (Å²) in [5.41, 5.74) is 3.02. The second kappa shape index (κ2) is 6.19. The number of benzene rings is 1. The molecule has 0 aromatic heterocycles. The van der Waals surface area contributed by atoms with E-state index in [9.17, 15) is 0 Å². The van der Waals surface area contributed by atoms with Gasteiger partial charge in [0.1, 0.15) is 0 Å². The zero-order valence-electron chi connectivity index (χ0n) is 12.0. The lowest BCUT2D eigenvalue weighted by atomic mass is 9.93. The molecule has 1 aromatic rings. The van der Waals surface area contributed by atoms with Crippen molar-refractivity contribution in [2.75, 3.05) is 25.5 Å². The monoisotopic (exact) mass is 290 g/mol. The molecule has 2 aliphatic heterocycles. The average molecular weight is 290 g/mol. The number of aryl methyl sites for hydroxylation is 1. The molecule has 108 valence electrons. The molecule has 1 aromatic carbocycles. The van der Waals surface area contributed by atoms with E-state index in [2.05, 4.69) is 36.5 Å². The molecule has 0 unspecified atom stereocenters. The number of amidine groups is 1. The van der Waals surface area contributed by atoms with Crippen LogP contribution in [-0.4, -0.2) is 36.2 Å². The van der Waals surface area contributed by atoms with Gasteiger partial charge in [0.2, 0.25) is 0 Å². The second-order valence-corrected chi connectivity index (χ2v) is 6.63. The first kappa shape index (κ1) is 14.0. The maximum Gasteiger partial charge on any atom is 0.157 e. The van der Waals surface area contributed by atoms with Gasteiger partial charge in [-0.25, -0.2) is 0 Å². The van der Waals surface area contributed by atoms with Crippen molar-refractivity contribution in [1.29, 1.82) is 0 Å². The van der Waals surface area contributed by atoms with Crippen LogP contribution in [0.15, 0.2) is 29.3 Å². The molecule has 0 atom stereocenters. The zero-order chi connectivity index (χ0) is 13.8. The normalized spacial score (nSPS) is 23.1. The van der Waals surface area contributed by atoms with Gasteiger partial charge in [-0.05, 0) is 37.3 Å². The van der Waals surface area contributed by atoms with E-state index in [0.717, 1.165) is 49.9 Å². The molecule has 3 nitrogen and oxygen atoms in total. The minimum atomic E-state index is 0.254. The summed E-state index contributed by atoms with van der Waals surface area (Å²) in [6.45, 7) is 4.79. The second-order valence-electron chi connectivity index (χ2n) is 5.67. The number of rotatable bonds is 3. The maximum atomic E-state index is 5.45. The average Bonchev–Trinajstić information content (AvgIpc) is 2.85. The summed E-state index contributed by atoms with van der Waals surface area (Å²) in [6.07, 6.45) is 3.24. The number of thioether (sulfide) groups is 1. The van der Waals surface area contributed by atoms with E-state index in [1.807, 2.05) is 11.8 Å². The summed E-state index contributed by atoms with van der Waals surface area (Å²) >= 11 is 1.87. The van der Waals surface area contributed by atoms with Gasteiger partial charge < -0.3 is 10.1 Å². The minimum Gasteiger partial charge on any atom is -0.381 e. The van der Waals surface area contributed by atoms with Gasteiger partial charge in [0, 0.05) is 25.5 Å². The van der Waals surface area contributed by atoms with Crippen LogP contribution < -0.4 is 5.32 Å². The summed E-state index contributed by atoms with van der Waals surface area (Å²) in [5, 5.41) is 4.77. The van der Waals surface area contributed by atoms with Crippen LogP contribution in [0.1, 0.15) is 24.0 Å². The summed E-state index contributed by atoms with van der Waals surface area (Å²) in [6, 6.07) is 8.57. The van der Waals surface area contributed by atoms with E-state index in [1.54, 1.807) is 0 Å². The van der Waals surface area contributed by atoms with E-state index in [1.165, 1.54) is 11.1 Å². The molecule has 0 radical (unpaired) electrons. The number of aliphatic imine (C=N–C) groups is 1. The van der Waals surface area contributed by atoms with Crippen LogP contribution >= 0.6 is 11.8 Å². The van der Waals surface area contributed by atoms with E-state index in [-0.39, 0.29) is 5.54 Å². The topological polar surface area (TPSA) is 33.6 Å². The predicted octanol–water partition coefficient (Wildman–Crippen LogP) is 2.78. The highest BCUT2D eigenvalue weighted by Crippen LogP contribution is 2.31. The molecule has 0 bridgehead atoms. The summed E-state index contributed by atoms with van der Waals surface area (Å²) < 4.78 is 5.45. The number of nitrogens with one attached hydrogen (secondary N) is 1. The Kier molecular flexibility index (Phi) is 4.32. The van der Waals surface area contributed by atoms with Crippen molar-refractivity contribution in [1.82, 2.24) is 5.32 Å². The molecule has 1 spiro atoms. The lowest BCUT2D eigenvalue weighted by Crippen LogP contribution is -2.48. The van der Waals surface area contributed by atoms with Crippen LogP contribution in [0, 0.1) is 6.92 Å². The lowest BCUT2D eigenvalue weighted by Gasteiger charge is -2.32. The molecule has 0 saturated carbocycles. The number of hydrogen-bond donors (Lipinski definition) is 1. The van der Waals surface area contributed by atoms with Crippen molar-refractivity contribution in [3.8, 4) is 0 Å². The SMILES string of the molecule is Cc1ccccc1CCN=C1NC2(CCOCC2)CS1. The van der Waals surface area contributed by atoms with Crippen molar-refractivity contribution < 1.29 is 4.74 Å². The fourth-order valence-electron chi connectivity index (χ4n) is 2.79. The molecule has 4 heteroatoms. The standard InChI is InChI=1S/C16H22N2OS/c1-13-4-2-3-5-14(13)6-9-17-15-18-16(12-20-15)7-10-19-11-8-16/h2-5H,6-12H2,1H3,(H,17,18). The van der Waals surface area contributed by atoms with E-state index >= 15 is 0 Å². The minimum absolute atomic E-state index is 0.254. The number of hydrogen-bond acceptors (Lipinski definition) is 3. The summed E-state index contributed by atoms with van der Waals surface area (Å²) in [5.74, 6) is 1.14. The number of ether oxygens (including phenoxy) is 1. The third kappa shape index (κ3) is 3.18. The molecule has 20 heavy (non-hydrogen) atoms. The Balaban J connectivity index is 1.54. The van der Waals surface area contributed by atoms with Gasteiger partial charge in [0.05, 0.1) is 5.54 Å². The zero-order valence-corrected chi connectivity index (χ0v) is 12.8. The Bertz CT molecular complexity index is 495. The Morgan fingerprint density at radius 1 is 1.30 bits per heavy atom. The third-order valence-electron chi connectivity index (χ3n) is 4.20. The van der Waals surface area contributed by atoms with Gasteiger partial charge >= 0.3 is 0 Å². The van der Waals surface area contributed by atoms with Crippen molar-refractivity contribution >= 4 is 16.9 Å². The van der Waals surface area contributed by atoms with Crippen LogP contribution in [0.25, 0.3) is 0 Å². The Labute approximate surface area is 125 Å². The Morgan fingerprint density at radius 3 is 2.90 bits per heavy atom. The molecule has 3 rings (SSSR count). The summed E-state index contributed by atoms with van der Waals surface area (Å²) in [4.78, 5) is 4.74. The quantitative estimate of drug-likeness (QED) is 0.929. The van der Waals surface area contributed by atoms with Gasteiger partial charge in [0.25, 0.3) is 0 Å². The van der Waals surface area contributed by atoms with Crippen LogP contribution in [0.3, 0.4) is 0 Å². The van der Waals surface area contributed by atoms with E-state index in [0.29, 0.717) is 0 Å². The smallest absolute Gasteiger partial charge is 0.157 e. The lowest BCUT2D eigenvalue weighted by molar-refractivity contribution is 0.0555. The van der Waals surface area contributed by atoms with Gasteiger partial charge in [-0.2, -0.15) is 0 Å². The van der Waals surface area contributed by atoms with E-state index < -0.39 is 0 Å². The first-order chi connectivity index (χ1) is 9.77. The van der Waals surface area contributed by atoms with Crippen LogP contribution in [0.2, 0.25) is 0 Å². The fraction of sp³-hybridized carbons (Fsp3) is 0.562. The number of nitrogens with zero attached hydrogens (tertiary/aromatic N) is 1. The van der Waals surface area contributed by atoms with E-state index in [4.69, 9.17) is 9.73 Å². The van der Waals surface area contributed by atoms with Crippen molar-refractivity contribution in [3.05, 3.63) is 35.4 Å². The van der Waals surface area contributed by atoms with Gasteiger partial charge in [-0.15, -0.1) is 0 Å². The third-order valence-corrected chi connectivity index (χ3v) is 5.41. The molecule has 2 fully saturated rings. The first-order valence-corrected chi connectivity index (χ1v) is 8.34. The van der Waals surface area contributed by atoms with Crippen molar-refractivity contribution in [3.63, 3.8) is 0 Å². The Hall–Kier alpha value is -1.000. The molecule has 0 amide bonds. The van der Waals surface area contributed by atoms with Crippen LogP contribution in [0.4, 0.5) is 0 Å². The molecular weight excluding hydrogens is 268 g/mol. The van der Waals surface area contributed by atoms with Crippen molar-refractivity contribution in [2.24, 2.45) is 4.99 Å². The molecule has 0 aliphatic carbocycles. The largest absolute Gasteiger partial charge is 0.381 e. The van der Waals surface area contributed by atoms with Gasteiger partial charge in [-0.1, -0.05) is 36.0 Å². The molecule has 2 heterocycles. The molecule has 2 aliphatic rings.